The number of alkyl halides is 2. The van der Waals surface area contributed by atoms with E-state index in [0.717, 1.165) is 5.56 Å². The molecule has 2 aromatic rings. The molecule has 1 unspecified atom stereocenters. The fourth-order valence-corrected chi connectivity index (χ4v) is 3.24. The molecule has 2 rings (SSSR count). The first-order valence-electron chi connectivity index (χ1n) is 9.32. The highest BCUT2D eigenvalue weighted by Crippen LogP contribution is 2.30. The molecular weight excluding hydrogens is 430 g/mol. The van der Waals surface area contributed by atoms with Crippen LogP contribution in [-0.2, 0) is 14.8 Å². The quantitative estimate of drug-likeness (QED) is 0.584. The van der Waals surface area contributed by atoms with Gasteiger partial charge in [-0.05, 0) is 55.3 Å². The molecular formula is C21H24F2N2O5S. The second-order valence-electron chi connectivity index (χ2n) is 6.59. The molecule has 31 heavy (non-hydrogen) atoms. The molecule has 0 saturated carbocycles. The summed E-state index contributed by atoms with van der Waals surface area (Å²) >= 11 is 0. The second kappa shape index (κ2) is 10.4. The Bertz CT molecular complexity index is 1040. The minimum atomic E-state index is -3.79. The average Bonchev–Trinajstić information content (AvgIpc) is 2.71. The molecule has 0 radical (unpaired) electrons. The molecule has 0 aliphatic heterocycles. The number of sulfonamides is 1. The van der Waals surface area contributed by atoms with E-state index in [9.17, 15) is 22.0 Å². The van der Waals surface area contributed by atoms with Gasteiger partial charge in [0.05, 0.1) is 17.5 Å². The molecule has 7 nitrogen and oxygen atoms in total. The van der Waals surface area contributed by atoms with Crippen molar-refractivity contribution in [3.8, 4) is 11.5 Å². The Kier molecular flexibility index (Phi) is 8.12. The molecule has 0 aliphatic rings. The van der Waals surface area contributed by atoms with Gasteiger partial charge in [0.15, 0.2) is 11.5 Å². The normalized spacial score (nSPS) is 12.7. The SMILES string of the molecule is CCOc1cc(/C=C/C(=O)N(C)C(C)c2ccc(S(N)(=O)=O)cc2)ccc1OC(F)F. The zero-order valence-electron chi connectivity index (χ0n) is 17.3. The number of likely N-dealkylation sites (N-methyl/N-ethyl adjacent to an activating group) is 1. The van der Waals surface area contributed by atoms with Crippen LogP contribution in [0, 0.1) is 0 Å². The van der Waals surface area contributed by atoms with Gasteiger partial charge in [0.1, 0.15) is 0 Å². The zero-order chi connectivity index (χ0) is 23.2. The predicted molar refractivity (Wildman–Crippen MR) is 112 cm³/mol. The highest BCUT2D eigenvalue weighted by atomic mass is 32.2. The molecule has 0 saturated heterocycles. The van der Waals surface area contributed by atoms with Crippen LogP contribution in [0.2, 0.25) is 0 Å². The van der Waals surface area contributed by atoms with Crippen molar-refractivity contribution in [3.05, 3.63) is 59.7 Å². The lowest BCUT2D eigenvalue weighted by atomic mass is 10.1. The van der Waals surface area contributed by atoms with Crippen molar-refractivity contribution in [1.29, 1.82) is 0 Å². The van der Waals surface area contributed by atoms with E-state index in [1.54, 1.807) is 33.0 Å². The Hall–Kier alpha value is -2.98. The van der Waals surface area contributed by atoms with Gasteiger partial charge in [0.25, 0.3) is 0 Å². The molecule has 0 fully saturated rings. The fourth-order valence-electron chi connectivity index (χ4n) is 2.73. The van der Waals surface area contributed by atoms with E-state index in [0.29, 0.717) is 5.56 Å². The van der Waals surface area contributed by atoms with E-state index in [2.05, 4.69) is 4.74 Å². The molecule has 10 heteroatoms. The van der Waals surface area contributed by atoms with Crippen LogP contribution in [-0.4, -0.2) is 39.5 Å². The highest BCUT2D eigenvalue weighted by Gasteiger charge is 2.17. The maximum atomic E-state index is 12.5. The molecule has 0 aliphatic carbocycles. The Balaban J connectivity index is 2.13. The van der Waals surface area contributed by atoms with Crippen LogP contribution >= 0.6 is 0 Å². The zero-order valence-corrected chi connectivity index (χ0v) is 18.1. The molecule has 0 heterocycles. The number of ether oxygens (including phenoxy) is 2. The lowest BCUT2D eigenvalue weighted by Crippen LogP contribution is -2.28. The Morgan fingerprint density at radius 3 is 2.35 bits per heavy atom. The summed E-state index contributed by atoms with van der Waals surface area (Å²) in [5.41, 5.74) is 1.29. The summed E-state index contributed by atoms with van der Waals surface area (Å²) in [6.45, 7) is 0.790. The summed E-state index contributed by atoms with van der Waals surface area (Å²) in [6.07, 6.45) is 2.87. The number of carbonyl (C=O) groups is 1. The van der Waals surface area contributed by atoms with Crippen molar-refractivity contribution >= 4 is 22.0 Å². The number of nitrogens with two attached hydrogens (primary N) is 1. The van der Waals surface area contributed by atoms with Crippen molar-refractivity contribution in [1.82, 2.24) is 4.90 Å². The van der Waals surface area contributed by atoms with Crippen LogP contribution in [0.5, 0.6) is 11.5 Å². The second-order valence-corrected chi connectivity index (χ2v) is 8.15. The van der Waals surface area contributed by atoms with E-state index in [1.165, 1.54) is 47.4 Å². The van der Waals surface area contributed by atoms with Crippen molar-refractivity contribution < 1.29 is 31.5 Å². The maximum Gasteiger partial charge on any atom is 0.387 e. The Labute approximate surface area is 180 Å². The van der Waals surface area contributed by atoms with Gasteiger partial charge in [-0.1, -0.05) is 18.2 Å². The molecule has 2 N–H and O–H groups in total. The van der Waals surface area contributed by atoms with Crippen LogP contribution < -0.4 is 14.6 Å². The smallest absolute Gasteiger partial charge is 0.387 e. The topological polar surface area (TPSA) is 98.9 Å². The molecule has 0 bridgehead atoms. The standard InChI is InChI=1S/C21H24F2N2O5S/c1-4-29-19-13-15(5-11-18(19)30-21(22)23)6-12-20(26)25(3)14(2)16-7-9-17(10-8-16)31(24,27)28/h5-14,21H,4H2,1-3H3,(H2,24,27,28)/b12-6+. The van der Waals surface area contributed by atoms with Crippen molar-refractivity contribution in [2.75, 3.05) is 13.7 Å². The Morgan fingerprint density at radius 2 is 1.81 bits per heavy atom. The average molecular weight is 454 g/mol. The number of primary sulfonamides is 1. The Morgan fingerprint density at radius 1 is 1.16 bits per heavy atom. The van der Waals surface area contributed by atoms with Gasteiger partial charge in [0, 0.05) is 13.1 Å². The van der Waals surface area contributed by atoms with Crippen molar-refractivity contribution in [3.63, 3.8) is 0 Å². The lowest BCUT2D eigenvalue weighted by Gasteiger charge is -2.24. The van der Waals surface area contributed by atoms with Crippen LogP contribution in [0.1, 0.15) is 31.0 Å². The molecule has 1 atom stereocenters. The van der Waals surface area contributed by atoms with E-state index in [4.69, 9.17) is 9.88 Å². The monoisotopic (exact) mass is 454 g/mol. The lowest BCUT2D eigenvalue weighted by molar-refractivity contribution is -0.126. The van der Waals surface area contributed by atoms with E-state index < -0.39 is 16.6 Å². The van der Waals surface area contributed by atoms with Crippen LogP contribution in [0.3, 0.4) is 0 Å². The van der Waals surface area contributed by atoms with E-state index >= 15 is 0 Å². The summed E-state index contributed by atoms with van der Waals surface area (Å²) in [5, 5.41) is 5.09. The first kappa shape index (κ1) is 24.3. The fraction of sp³-hybridized carbons (Fsp3) is 0.286. The predicted octanol–water partition coefficient (Wildman–Crippen LogP) is 3.57. The molecule has 1 amide bonds. The number of benzene rings is 2. The number of nitrogens with zero attached hydrogens (tertiary/aromatic N) is 1. The van der Waals surface area contributed by atoms with E-state index in [1.807, 2.05) is 0 Å². The minimum Gasteiger partial charge on any atom is -0.490 e. The largest absolute Gasteiger partial charge is 0.490 e. The number of amides is 1. The molecule has 2 aromatic carbocycles. The number of rotatable bonds is 9. The van der Waals surface area contributed by atoms with Gasteiger partial charge < -0.3 is 14.4 Å². The van der Waals surface area contributed by atoms with Gasteiger partial charge in [-0.3, -0.25) is 4.79 Å². The summed E-state index contributed by atoms with van der Waals surface area (Å²) in [7, 11) is -2.18. The maximum absolute atomic E-state index is 12.5. The third kappa shape index (κ3) is 6.76. The van der Waals surface area contributed by atoms with Crippen LogP contribution in [0.15, 0.2) is 53.4 Å². The van der Waals surface area contributed by atoms with Crippen molar-refractivity contribution in [2.24, 2.45) is 5.14 Å². The third-order valence-corrected chi connectivity index (χ3v) is 5.45. The molecule has 0 spiro atoms. The minimum absolute atomic E-state index is 0.0123. The van der Waals surface area contributed by atoms with Gasteiger partial charge >= 0.3 is 6.61 Å². The molecule has 168 valence electrons. The number of hydrogen-bond acceptors (Lipinski definition) is 5. The van der Waals surface area contributed by atoms with Gasteiger partial charge in [-0.15, -0.1) is 0 Å². The third-order valence-electron chi connectivity index (χ3n) is 4.52. The summed E-state index contributed by atoms with van der Waals surface area (Å²) in [6, 6.07) is 9.98. The highest BCUT2D eigenvalue weighted by molar-refractivity contribution is 7.89. The van der Waals surface area contributed by atoms with Gasteiger partial charge in [0.2, 0.25) is 15.9 Å². The van der Waals surface area contributed by atoms with Crippen LogP contribution in [0.4, 0.5) is 8.78 Å². The molecule has 0 aromatic heterocycles. The van der Waals surface area contributed by atoms with Gasteiger partial charge in [-0.2, -0.15) is 8.78 Å². The van der Waals surface area contributed by atoms with Crippen molar-refractivity contribution in [2.45, 2.75) is 31.4 Å². The number of carbonyl (C=O) groups excluding carboxylic acids is 1. The van der Waals surface area contributed by atoms with Gasteiger partial charge in [-0.25, -0.2) is 13.6 Å². The first-order valence-corrected chi connectivity index (χ1v) is 10.9. The summed E-state index contributed by atoms with van der Waals surface area (Å²) < 4.78 is 57.5. The van der Waals surface area contributed by atoms with E-state index in [-0.39, 0.29) is 35.0 Å². The summed E-state index contributed by atoms with van der Waals surface area (Å²) in [5.74, 6) is -0.253. The first-order chi connectivity index (χ1) is 14.5. The summed E-state index contributed by atoms with van der Waals surface area (Å²) in [4.78, 5) is 14.0. The number of hydrogen-bond donors (Lipinski definition) is 1. The number of halogens is 2. The van der Waals surface area contributed by atoms with Crippen LogP contribution in [0.25, 0.3) is 6.08 Å².